The van der Waals surface area contributed by atoms with Crippen LogP contribution < -0.4 is 10.6 Å². The Morgan fingerprint density at radius 3 is 2.46 bits per heavy atom. The molecule has 1 aliphatic heterocycles. The standard InChI is InChI=1S/C26H31ClFN3O4/c1-26(2,3)35-25(34)31-12-4-5-17(16-31)15-29-24(33)21-13-19(18-6-9-20(27)10-7-18)8-11-22(21)30-23(32)14-28/h6-11,13,17H,4-5,12,14-16H2,1-3H3,(H,29,33)(H,30,32). The molecule has 2 aromatic rings. The van der Waals surface area contributed by atoms with Crippen LogP contribution in [0.1, 0.15) is 44.0 Å². The van der Waals surface area contributed by atoms with E-state index in [9.17, 15) is 18.8 Å². The van der Waals surface area contributed by atoms with Gasteiger partial charge in [-0.15, -0.1) is 0 Å². The van der Waals surface area contributed by atoms with Gasteiger partial charge in [-0.05, 0) is 74.9 Å². The molecule has 1 atom stereocenters. The first kappa shape index (κ1) is 26.5. The third kappa shape index (κ3) is 7.68. The second-order valence-corrected chi connectivity index (χ2v) is 10.0. The summed E-state index contributed by atoms with van der Waals surface area (Å²) in [6, 6.07) is 12.1. The number of piperidine rings is 1. The van der Waals surface area contributed by atoms with Gasteiger partial charge >= 0.3 is 6.09 Å². The molecule has 1 fully saturated rings. The van der Waals surface area contributed by atoms with Crippen LogP contribution in [0, 0.1) is 5.92 Å². The van der Waals surface area contributed by atoms with Crippen molar-refractivity contribution in [3.63, 3.8) is 0 Å². The average molecular weight is 504 g/mol. The molecule has 7 nitrogen and oxygen atoms in total. The summed E-state index contributed by atoms with van der Waals surface area (Å²) < 4.78 is 18.3. The van der Waals surface area contributed by atoms with Crippen molar-refractivity contribution in [1.29, 1.82) is 0 Å². The molecule has 0 spiro atoms. The number of nitrogens with zero attached hydrogens (tertiary/aromatic N) is 1. The monoisotopic (exact) mass is 503 g/mol. The molecule has 0 aromatic heterocycles. The molecule has 0 bridgehead atoms. The predicted octanol–water partition coefficient (Wildman–Crippen LogP) is 5.29. The van der Waals surface area contributed by atoms with Crippen molar-refractivity contribution < 1.29 is 23.5 Å². The molecule has 1 heterocycles. The summed E-state index contributed by atoms with van der Waals surface area (Å²) in [6.45, 7) is 5.72. The fraction of sp³-hybridized carbons (Fsp3) is 0.423. The Bertz CT molecular complexity index is 1070. The van der Waals surface area contributed by atoms with Crippen LogP contribution in [0.25, 0.3) is 11.1 Å². The Morgan fingerprint density at radius 1 is 1.11 bits per heavy atom. The zero-order valence-electron chi connectivity index (χ0n) is 20.2. The first-order chi connectivity index (χ1) is 16.6. The Morgan fingerprint density at radius 2 is 1.80 bits per heavy atom. The number of halogens is 2. The summed E-state index contributed by atoms with van der Waals surface area (Å²) in [5.41, 5.74) is 1.46. The molecular formula is C26H31ClFN3O4. The average Bonchev–Trinajstić information content (AvgIpc) is 2.82. The zero-order chi connectivity index (χ0) is 25.6. The zero-order valence-corrected chi connectivity index (χ0v) is 21.0. The number of hydrogen-bond acceptors (Lipinski definition) is 4. The molecule has 1 unspecified atom stereocenters. The van der Waals surface area contributed by atoms with E-state index in [4.69, 9.17) is 16.3 Å². The molecule has 1 aliphatic rings. The van der Waals surface area contributed by atoms with Crippen molar-refractivity contribution >= 4 is 35.2 Å². The molecule has 35 heavy (non-hydrogen) atoms. The van der Waals surface area contributed by atoms with Crippen molar-refractivity contribution in [2.75, 3.05) is 31.6 Å². The van der Waals surface area contributed by atoms with Crippen LogP contribution in [0.15, 0.2) is 42.5 Å². The van der Waals surface area contributed by atoms with E-state index in [1.165, 1.54) is 0 Å². The smallest absolute Gasteiger partial charge is 0.410 e. The van der Waals surface area contributed by atoms with Crippen LogP contribution in [0.2, 0.25) is 5.02 Å². The lowest BCUT2D eigenvalue weighted by atomic mass is 9.97. The third-order valence-corrected chi connectivity index (χ3v) is 5.81. The first-order valence-corrected chi connectivity index (χ1v) is 12.0. The number of hydrogen-bond donors (Lipinski definition) is 2. The fourth-order valence-electron chi connectivity index (χ4n) is 3.90. The molecule has 9 heteroatoms. The lowest BCUT2D eigenvalue weighted by Crippen LogP contribution is -2.45. The normalized spacial score (nSPS) is 15.9. The van der Waals surface area contributed by atoms with Gasteiger partial charge in [0, 0.05) is 24.7 Å². The van der Waals surface area contributed by atoms with E-state index in [1.54, 1.807) is 35.2 Å². The van der Waals surface area contributed by atoms with E-state index in [2.05, 4.69) is 10.6 Å². The number of nitrogens with one attached hydrogen (secondary N) is 2. The molecular weight excluding hydrogens is 473 g/mol. The van der Waals surface area contributed by atoms with Gasteiger partial charge in [0.05, 0.1) is 11.3 Å². The van der Waals surface area contributed by atoms with E-state index in [0.29, 0.717) is 24.7 Å². The van der Waals surface area contributed by atoms with Crippen molar-refractivity contribution in [2.45, 2.75) is 39.2 Å². The number of carbonyl (C=O) groups is 3. The molecule has 3 rings (SSSR count). The second-order valence-electron chi connectivity index (χ2n) is 9.59. The lowest BCUT2D eigenvalue weighted by Gasteiger charge is -2.34. The summed E-state index contributed by atoms with van der Waals surface area (Å²) in [5.74, 6) is -1.17. The molecule has 0 saturated carbocycles. The first-order valence-electron chi connectivity index (χ1n) is 11.6. The number of ether oxygens (including phenoxy) is 1. The van der Waals surface area contributed by atoms with Gasteiger partial charge in [0.1, 0.15) is 5.60 Å². The summed E-state index contributed by atoms with van der Waals surface area (Å²) >= 11 is 5.98. The number of carbonyl (C=O) groups excluding carboxylic acids is 3. The topological polar surface area (TPSA) is 87.7 Å². The largest absolute Gasteiger partial charge is 0.444 e. The van der Waals surface area contributed by atoms with Gasteiger partial charge in [-0.1, -0.05) is 29.8 Å². The van der Waals surface area contributed by atoms with Crippen LogP contribution in [-0.2, 0) is 9.53 Å². The Kier molecular flexibility index (Phi) is 8.72. The lowest BCUT2D eigenvalue weighted by molar-refractivity contribution is -0.117. The fourth-order valence-corrected chi connectivity index (χ4v) is 4.03. The van der Waals surface area contributed by atoms with E-state index >= 15 is 0 Å². The van der Waals surface area contributed by atoms with Gasteiger partial charge in [0.25, 0.3) is 11.8 Å². The molecule has 0 radical (unpaired) electrons. The van der Waals surface area contributed by atoms with Crippen LogP contribution in [-0.4, -0.2) is 54.7 Å². The van der Waals surface area contributed by atoms with Crippen molar-refractivity contribution in [3.8, 4) is 11.1 Å². The number of likely N-dealkylation sites (tertiary alicyclic amines) is 1. The SMILES string of the molecule is CC(C)(C)OC(=O)N1CCCC(CNC(=O)c2cc(-c3ccc(Cl)cc3)ccc2NC(=O)CF)C1. The van der Waals surface area contributed by atoms with Gasteiger partial charge in [-0.3, -0.25) is 9.59 Å². The highest BCUT2D eigenvalue weighted by Gasteiger charge is 2.28. The number of rotatable bonds is 6. The Labute approximate surface area is 210 Å². The quantitative estimate of drug-likeness (QED) is 0.560. The van der Waals surface area contributed by atoms with Crippen molar-refractivity contribution in [1.82, 2.24) is 10.2 Å². The van der Waals surface area contributed by atoms with Gasteiger partial charge in [-0.25, -0.2) is 9.18 Å². The van der Waals surface area contributed by atoms with Crippen LogP contribution in [0.3, 0.4) is 0 Å². The number of alkyl halides is 1. The van der Waals surface area contributed by atoms with Gasteiger partial charge < -0.3 is 20.3 Å². The minimum absolute atomic E-state index is 0.0588. The molecule has 0 aliphatic carbocycles. The maximum Gasteiger partial charge on any atom is 0.410 e. The van der Waals surface area contributed by atoms with Gasteiger partial charge in [-0.2, -0.15) is 0 Å². The third-order valence-electron chi connectivity index (χ3n) is 5.56. The molecule has 188 valence electrons. The minimum Gasteiger partial charge on any atom is -0.444 e. The summed E-state index contributed by atoms with van der Waals surface area (Å²) in [7, 11) is 0. The second kappa shape index (κ2) is 11.5. The summed E-state index contributed by atoms with van der Waals surface area (Å²) in [4.78, 5) is 38.9. The van der Waals surface area contributed by atoms with Crippen molar-refractivity contribution in [3.05, 3.63) is 53.1 Å². The van der Waals surface area contributed by atoms with Crippen LogP contribution >= 0.6 is 11.6 Å². The molecule has 1 saturated heterocycles. The van der Waals surface area contributed by atoms with E-state index in [1.807, 2.05) is 32.9 Å². The summed E-state index contributed by atoms with van der Waals surface area (Å²) in [5, 5.41) is 5.95. The van der Waals surface area contributed by atoms with E-state index in [0.717, 1.165) is 24.0 Å². The highest BCUT2D eigenvalue weighted by Crippen LogP contribution is 2.27. The molecule has 2 aromatic carbocycles. The highest BCUT2D eigenvalue weighted by molar-refractivity contribution is 6.30. The molecule has 2 N–H and O–H groups in total. The van der Waals surface area contributed by atoms with Gasteiger partial charge in [0.15, 0.2) is 6.67 Å². The van der Waals surface area contributed by atoms with Crippen LogP contribution in [0.5, 0.6) is 0 Å². The van der Waals surface area contributed by atoms with E-state index in [-0.39, 0.29) is 23.3 Å². The van der Waals surface area contributed by atoms with Gasteiger partial charge in [0.2, 0.25) is 0 Å². The number of benzene rings is 2. The highest BCUT2D eigenvalue weighted by atomic mass is 35.5. The maximum atomic E-state index is 13.1. The Hall–Kier alpha value is -3.13. The summed E-state index contributed by atoms with van der Waals surface area (Å²) in [6.07, 6.45) is 1.31. The van der Waals surface area contributed by atoms with Crippen molar-refractivity contribution in [2.24, 2.45) is 5.92 Å². The molecule has 3 amide bonds. The minimum atomic E-state index is -1.19. The number of amides is 3. The Balaban J connectivity index is 1.73. The maximum absolute atomic E-state index is 13.1. The van der Waals surface area contributed by atoms with Crippen LogP contribution in [0.4, 0.5) is 14.9 Å². The number of anilines is 1. The predicted molar refractivity (Wildman–Crippen MR) is 134 cm³/mol. The van der Waals surface area contributed by atoms with E-state index < -0.39 is 24.1 Å².